The molecule has 0 unspecified atom stereocenters. The summed E-state index contributed by atoms with van der Waals surface area (Å²) in [5.74, 6) is -0.251. The van der Waals surface area contributed by atoms with Crippen LogP contribution in [0.2, 0.25) is 0 Å². The van der Waals surface area contributed by atoms with Crippen LogP contribution < -0.4 is 5.73 Å². The van der Waals surface area contributed by atoms with Gasteiger partial charge in [0.15, 0.2) is 0 Å². The Hall–Kier alpha value is -1.39. The lowest BCUT2D eigenvalue weighted by Gasteiger charge is -2.13. The lowest BCUT2D eigenvalue weighted by molar-refractivity contribution is 0.585. The first-order valence-corrected chi connectivity index (χ1v) is 6.12. The predicted octanol–water partition coefficient (Wildman–Crippen LogP) is 3.39. The molecule has 0 saturated carbocycles. The van der Waals surface area contributed by atoms with Crippen molar-refractivity contribution in [2.45, 2.75) is 22.8 Å². The van der Waals surface area contributed by atoms with Gasteiger partial charge in [0, 0.05) is 33.8 Å². The van der Waals surface area contributed by atoms with Crippen molar-refractivity contribution in [3.05, 3.63) is 54.1 Å². The van der Waals surface area contributed by atoms with Gasteiger partial charge in [-0.25, -0.2) is 4.39 Å². The number of hydrogen-bond donors (Lipinski definition) is 1. The molecule has 0 amide bonds. The number of benzene rings is 1. The van der Waals surface area contributed by atoms with Crippen LogP contribution in [0.15, 0.2) is 52.5 Å². The van der Waals surface area contributed by atoms with Crippen LogP contribution in [0.25, 0.3) is 0 Å². The first-order chi connectivity index (χ1) is 8.18. The average Bonchev–Trinajstić information content (AvgIpc) is 2.30. The van der Waals surface area contributed by atoms with Gasteiger partial charge >= 0.3 is 0 Å². The summed E-state index contributed by atoms with van der Waals surface area (Å²) in [6.07, 6.45) is 3.43. The van der Waals surface area contributed by atoms with Gasteiger partial charge in [0.25, 0.3) is 0 Å². The molecule has 0 aliphatic heterocycles. The van der Waals surface area contributed by atoms with Crippen LogP contribution in [0.3, 0.4) is 0 Å². The van der Waals surface area contributed by atoms with Crippen LogP contribution in [-0.4, -0.2) is 4.98 Å². The van der Waals surface area contributed by atoms with Gasteiger partial charge in [-0.3, -0.25) is 4.98 Å². The Morgan fingerprint density at radius 1 is 1.24 bits per heavy atom. The summed E-state index contributed by atoms with van der Waals surface area (Å²) in [4.78, 5) is 5.82. The van der Waals surface area contributed by atoms with E-state index in [1.54, 1.807) is 25.4 Å². The van der Waals surface area contributed by atoms with Crippen molar-refractivity contribution in [2.24, 2.45) is 5.73 Å². The maximum atomic E-state index is 13.7. The maximum Gasteiger partial charge on any atom is 0.129 e. The maximum absolute atomic E-state index is 13.7. The summed E-state index contributed by atoms with van der Waals surface area (Å²) in [5, 5.41) is 0. The van der Waals surface area contributed by atoms with Crippen LogP contribution >= 0.6 is 11.8 Å². The molecule has 2 nitrogen and oxygen atoms in total. The van der Waals surface area contributed by atoms with E-state index >= 15 is 0 Å². The number of halogens is 1. The third-order valence-electron chi connectivity index (χ3n) is 2.35. The third kappa shape index (κ3) is 2.84. The fourth-order valence-electron chi connectivity index (χ4n) is 1.58. The molecule has 1 heterocycles. The number of nitrogens with two attached hydrogens (primary N) is 1. The SMILES string of the molecule is C[C@@H](N)c1c(F)cccc1Sc1ccncc1. The Kier molecular flexibility index (Phi) is 3.76. The standard InChI is InChI=1S/C13H13FN2S/c1-9(15)13-11(14)3-2-4-12(13)17-10-5-7-16-8-6-10/h2-9H,15H2,1H3/t9-/m1/s1. The quantitative estimate of drug-likeness (QED) is 0.905. The number of rotatable bonds is 3. The fraction of sp³-hybridized carbons (Fsp3) is 0.154. The van der Waals surface area contributed by atoms with E-state index in [0.29, 0.717) is 5.56 Å². The first-order valence-electron chi connectivity index (χ1n) is 5.30. The van der Waals surface area contributed by atoms with Crippen molar-refractivity contribution < 1.29 is 4.39 Å². The van der Waals surface area contributed by atoms with E-state index in [1.807, 2.05) is 18.2 Å². The minimum absolute atomic E-state index is 0.251. The minimum atomic E-state index is -0.319. The summed E-state index contributed by atoms with van der Waals surface area (Å²) in [7, 11) is 0. The van der Waals surface area contributed by atoms with Gasteiger partial charge in [-0.1, -0.05) is 17.8 Å². The lowest BCUT2D eigenvalue weighted by Crippen LogP contribution is -2.08. The van der Waals surface area contributed by atoms with Gasteiger partial charge in [0.2, 0.25) is 0 Å². The second kappa shape index (κ2) is 5.29. The van der Waals surface area contributed by atoms with E-state index < -0.39 is 0 Å². The van der Waals surface area contributed by atoms with Crippen molar-refractivity contribution in [1.29, 1.82) is 0 Å². The minimum Gasteiger partial charge on any atom is -0.324 e. The first kappa shape index (κ1) is 12.1. The van der Waals surface area contributed by atoms with Crippen LogP contribution in [0.1, 0.15) is 18.5 Å². The highest BCUT2D eigenvalue weighted by atomic mass is 32.2. The van der Waals surface area contributed by atoms with Crippen molar-refractivity contribution in [2.75, 3.05) is 0 Å². The summed E-state index contributed by atoms with van der Waals surface area (Å²) in [5.41, 5.74) is 6.37. The smallest absolute Gasteiger partial charge is 0.129 e. The monoisotopic (exact) mass is 248 g/mol. The van der Waals surface area contributed by atoms with Crippen molar-refractivity contribution in [3.8, 4) is 0 Å². The normalized spacial score (nSPS) is 12.4. The van der Waals surface area contributed by atoms with Crippen LogP contribution in [-0.2, 0) is 0 Å². The fourth-order valence-corrected chi connectivity index (χ4v) is 2.63. The second-order valence-corrected chi connectivity index (χ2v) is 4.84. The molecular formula is C13H13FN2S. The highest BCUT2D eigenvalue weighted by Gasteiger charge is 2.13. The molecule has 0 aliphatic rings. The van der Waals surface area contributed by atoms with E-state index in [2.05, 4.69) is 4.98 Å². The van der Waals surface area contributed by atoms with Crippen LogP contribution in [0.5, 0.6) is 0 Å². The lowest BCUT2D eigenvalue weighted by atomic mass is 10.1. The molecule has 0 aliphatic carbocycles. The highest BCUT2D eigenvalue weighted by molar-refractivity contribution is 7.99. The third-order valence-corrected chi connectivity index (χ3v) is 3.43. The largest absolute Gasteiger partial charge is 0.324 e. The highest BCUT2D eigenvalue weighted by Crippen LogP contribution is 2.33. The Morgan fingerprint density at radius 3 is 2.59 bits per heavy atom. The molecule has 0 radical (unpaired) electrons. The van der Waals surface area contributed by atoms with Crippen molar-refractivity contribution >= 4 is 11.8 Å². The van der Waals surface area contributed by atoms with Gasteiger partial charge in [0.1, 0.15) is 5.82 Å². The van der Waals surface area contributed by atoms with E-state index in [1.165, 1.54) is 17.8 Å². The molecule has 0 spiro atoms. The Bertz CT molecular complexity index is 500. The van der Waals surface area contributed by atoms with E-state index in [-0.39, 0.29) is 11.9 Å². The summed E-state index contributed by atoms with van der Waals surface area (Å²) >= 11 is 1.50. The molecule has 1 aromatic heterocycles. The molecular weight excluding hydrogens is 235 g/mol. The van der Waals surface area contributed by atoms with Crippen LogP contribution in [0.4, 0.5) is 4.39 Å². The average molecular weight is 248 g/mol. The molecule has 1 aromatic carbocycles. The Balaban J connectivity index is 2.36. The summed E-state index contributed by atoms with van der Waals surface area (Å²) in [6.45, 7) is 1.79. The zero-order valence-electron chi connectivity index (χ0n) is 9.43. The Morgan fingerprint density at radius 2 is 1.94 bits per heavy atom. The molecule has 0 saturated heterocycles. The molecule has 0 bridgehead atoms. The van der Waals surface area contributed by atoms with Crippen molar-refractivity contribution in [3.63, 3.8) is 0 Å². The predicted molar refractivity (Wildman–Crippen MR) is 67.4 cm³/mol. The van der Waals surface area contributed by atoms with Gasteiger partial charge in [-0.15, -0.1) is 0 Å². The summed E-state index contributed by atoms with van der Waals surface area (Å²) in [6, 6.07) is 8.48. The topological polar surface area (TPSA) is 38.9 Å². The molecule has 17 heavy (non-hydrogen) atoms. The molecule has 2 N–H and O–H groups in total. The molecule has 2 rings (SSSR count). The zero-order valence-corrected chi connectivity index (χ0v) is 10.2. The van der Waals surface area contributed by atoms with Gasteiger partial charge in [0.05, 0.1) is 0 Å². The molecule has 4 heteroatoms. The van der Waals surface area contributed by atoms with Crippen molar-refractivity contribution in [1.82, 2.24) is 4.98 Å². The molecule has 1 atom stereocenters. The number of aromatic nitrogens is 1. The second-order valence-electron chi connectivity index (χ2n) is 3.73. The van der Waals surface area contributed by atoms with Gasteiger partial charge < -0.3 is 5.73 Å². The van der Waals surface area contributed by atoms with Crippen LogP contribution in [0, 0.1) is 5.82 Å². The zero-order chi connectivity index (χ0) is 12.3. The van der Waals surface area contributed by atoms with Gasteiger partial charge in [-0.05, 0) is 31.2 Å². The number of pyridine rings is 1. The molecule has 2 aromatic rings. The molecule has 88 valence electrons. The number of nitrogens with zero attached hydrogens (tertiary/aromatic N) is 1. The molecule has 0 fully saturated rings. The van der Waals surface area contributed by atoms with E-state index in [0.717, 1.165) is 9.79 Å². The van der Waals surface area contributed by atoms with E-state index in [9.17, 15) is 4.39 Å². The van der Waals surface area contributed by atoms with Gasteiger partial charge in [-0.2, -0.15) is 0 Å². The summed E-state index contributed by atoms with van der Waals surface area (Å²) < 4.78 is 13.7. The number of hydrogen-bond acceptors (Lipinski definition) is 3. The Labute approximate surface area is 104 Å². The van der Waals surface area contributed by atoms with E-state index in [4.69, 9.17) is 5.73 Å².